The third-order valence-corrected chi connectivity index (χ3v) is 11.6. The molecule has 4 unspecified atom stereocenters. The highest BCUT2D eigenvalue weighted by molar-refractivity contribution is 6.70. The summed E-state index contributed by atoms with van der Waals surface area (Å²) in [6, 6.07) is 0. The van der Waals surface area contributed by atoms with E-state index in [2.05, 4.69) is 45.9 Å². The highest BCUT2D eigenvalue weighted by Gasteiger charge is 2.86. The first-order chi connectivity index (χ1) is 15.6. The lowest BCUT2D eigenvalue weighted by Gasteiger charge is -2.52. The molecule has 1 spiro atoms. The van der Waals surface area contributed by atoms with E-state index in [-0.39, 0.29) is 41.4 Å². The van der Waals surface area contributed by atoms with Gasteiger partial charge in [0.2, 0.25) is 0 Å². The van der Waals surface area contributed by atoms with Crippen LogP contribution in [0.1, 0.15) is 39.0 Å². The number of carbonyl (C=O) groups is 2. The Morgan fingerprint density at radius 3 is 2.26 bits per heavy atom. The molecule has 34 heavy (non-hydrogen) atoms. The van der Waals surface area contributed by atoms with Crippen LogP contribution in [-0.4, -0.2) is 53.5 Å². The minimum atomic E-state index is -2.00. The average molecular weight is 507 g/mol. The minimum Gasteiger partial charge on any atom is -0.469 e. The predicted molar refractivity (Wildman–Crippen MR) is 134 cm³/mol. The summed E-state index contributed by atoms with van der Waals surface area (Å²) in [4.78, 5) is 27.6. The van der Waals surface area contributed by atoms with Crippen LogP contribution < -0.4 is 0 Å². The van der Waals surface area contributed by atoms with Gasteiger partial charge >= 0.3 is 11.9 Å². The highest BCUT2D eigenvalue weighted by Crippen LogP contribution is 2.78. The van der Waals surface area contributed by atoms with Gasteiger partial charge in [0.1, 0.15) is 5.60 Å². The number of hydrogen-bond acceptors (Lipinski definition) is 6. The molecular weight excluding hydrogens is 464 g/mol. The molecule has 0 N–H and O–H groups in total. The summed E-state index contributed by atoms with van der Waals surface area (Å²) in [6.07, 6.45) is 3.75. The van der Waals surface area contributed by atoms with E-state index in [1.807, 2.05) is 6.92 Å². The molecule has 5 aliphatic rings. The molecule has 1 heterocycles. The summed E-state index contributed by atoms with van der Waals surface area (Å²) in [6.45, 7) is 19.5. The highest BCUT2D eigenvalue weighted by atomic mass is 28.4. The summed E-state index contributed by atoms with van der Waals surface area (Å²) in [5.74, 6) is -0.646. The Morgan fingerprint density at radius 2 is 1.68 bits per heavy atom. The second kappa shape index (κ2) is 7.29. The SMILES string of the molecule is C=C1C[C@]23C[C@H]1CCC2[C@@]12OC(=O)C(C)(C1C3C(=O)OC)[C@@H](O[Si](C)(C)C)C[C@@H]2O[Si](C)(C)C. The van der Waals surface area contributed by atoms with Gasteiger partial charge in [-0.25, -0.2) is 0 Å². The Bertz CT molecular complexity index is 937. The van der Waals surface area contributed by atoms with Crippen LogP contribution in [0, 0.1) is 34.5 Å². The third kappa shape index (κ3) is 3.10. The number of rotatable bonds is 5. The van der Waals surface area contributed by atoms with Gasteiger partial charge in [-0.1, -0.05) is 12.2 Å². The molecule has 4 bridgehead atoms. The fourth-order valence-electron chi connectivity index (χ4n) is 8.86. The Kier molecular flexibility index (Phi) is 5.30. The molecule has 0 aromatic heterocycles. The first-order valence-corrected chi connectivity index (χ1v) is 19.8. The topological polar surface area (TPSA) is 71.1 Å². The van der Waals surface area contributed by atoms with Gasteiger partial charge in [-0.05, 0) is 83.2 Å². The van der Waals surface area contributed by atoms with E-state index in [1.165, 1.54) is 12.7 Å². The summed E-state index contributed by atoms with van der Waals surface area (Å²) in [5.41, 5.74) is -0.741. The lowest BCUT2D eigenvalue weighted by molar-refractivity contribution is -0.174. The van der Waals surface area contributed by atoms with Crippen LogP contribution in [0.3, 0.4) is 0 Å². The quantitative estimate of drug-likeness (QED) is 0.300. The second-order valence-electron chi connectivity index (χ2n) is 13.8. The van der Waals surface area contributed by atoms with E-state index < -0.39 is 33.6 Å². The van der Waals surface area contributed by atoms with Crippen molar-refractivity contribution in [2.75, 3.05) is 7.11 Å². The van der Waals surface area contributed by atoms with Crippen molar-refractivity contribution in [2.24, 2.45) is 34.5 Å². The van der Waals surface area contributed by atoms with E-state index in [0.717, 1.165) is 25.7 Å². The smallest absolute Gasteiger partial charge is 0.315 e. The van der Waals surface area contributed by atoms with Crippen molar-refractivity contribution in [1.29, 1.82) is 0 Å². The van der Waals surface area contributed by atoms with Gasteiger partial charge in [0.15, 0.2) is 16.6 Å². The van der Waals surface area contributed by atoms with Crippen LogP contribution in [0.15, 0.2) is 12.2 Å². The van der Waals surface area contributed by atoms with Crippen LogP contribution in [0.2, 0.25) is 39.3 Å². The molecule has 0 amide bonds. The lowest BCUT2D eigenvalue weighted by Crippen LogP contribution is -2.63. The van der Waals surface area contributed by atoms with Crippen LogP contribution in [0.4, 0.5) is 0 Å². The van der Waals surface area contributed by atoms with Crippen molar-refractivity contribution in [3.05, 3.63) is 12.2 Å². The third-order valence-electron chi connectivity index (χ3n) is 9.64. The fourth-order valence-corrected chi connectivity index (χ4v) is 11.2. The maximum absolute atomic E-state index is 13.9. The van der Waals surface area contributed by atoms with Gasteiger partial charge in [-0.15, -0.1) is 0 Å². The Balaban J connectivity index is 1.74. The summed E-state index contributed by atoms with van der Waals surface area (Å²) >= 11 is 0. The van der Waals surface area contributed by atoms with Crippen molar-refractivity contribution in [1.82, 2.24) is 0 Å². The molecule has 4 aliphatic carbocycles. The van der Waals surface area contributed by atoms with E-state index in [9.17, 15) is 9.59 Å². The average Bonchev–Trinajstić information content (AvgIpc) is 3.18. The second-order valence-corrected chi connectivity index (χ2v) is 22.7. The molecule has 4 saturated carbocycles. The zero-order chi connectivity index (χ0) is 25.1. The Labute approximate surface area is 206 Å². The Hall–Kier alpha value is -0.966. The van der Waals surface area contributed by atoms with E-state index in [4.69, 9.17) is 18.3 Å². The summed E-state index contributed by atoms with van der Waals surface area (Å²) in [7, 11) is -2.53. The monoisotopic (exact) mass is 506 g/mol. The number of esters is 2. The van der Waals surface area contributed by atoms with Crippen LogP contribution >= 0.6 is 0 Å². The van der Waals surface area contributed by atoms with Crippen LogP contribution in [0.5, 0.6) is 0 Å². The lowest BCUT2D eigenvalue weighted by atomic mass is 9.58. The van der Waals surface area contributed by atoms with E-state index in [0.29, 0.717) is 12.3 Å². The normalized spacial score (nSPS) is 47.3. The number of fused-ring (bicyclic) bond motifs is 1. The van der Waals surface area contributed by atoms with E-state index in [1.54, 1.807) is 0 Å². The maximum Gasteiger partial charge on any atom is 0.315 e. The zero-order valence-corrected chi connectivity index (χ0v) is 24.2. The molecule has 6 nitrogen and oxygen atoms in total. The molecule has 8 heteroatoms. The van der Waals surface area contributed by atoms with Crippen molar-refractivity contribution in [3.8, 4) is 0 Å². The zero-order valence-electron chi connectivity index (χ0n) is 22.2. The first kappa shape index (κ1) is 24.7. The standard InChI is InChI=1S/C26H42O6Si2/c1-15-13-25-14-16(15)10-11-17(25)26-19(32-34(7,8)9)12-18(31-33(4,5)6)24(2,23(28)30-26)21(26)20(25)22(27)29-3/h16-21H,1,10-14H2,2-9H3/t16-,17?,18+,19+,20?,21?,24?,25+,26+/m1/s1. The molecule has 190 valence electrons. The summed E-state index contributed by atoms with van der Waals surface area (Å²) in [5, 5.41) is 0. The molecular formula is C26H42O6Si2. The van der Waals surface area contributed by atoms with Crippen LogP contribution in [0.25, 0.3) is 0 Å². The molecule has 5 rings (SSSR count). The van der Waals surface area contributed by atoms with Gasteiger partial charge in [-0.2, -0.15) is 0 Å². The van der Waals surface area contributed by atoms with Gasteiger partial charge in [0.25, 0.3) is 0 Å². The van der Waals surface area contributed by atoms with Crippen molar-refractivity contribution in [3.63, 3.8) is 0 Å². The predicted octanol–water partition coefficient (Wildman–Crippen LogP) is 4.91. The van der Waals surface area contributed by atoms with Gasteiger partial charge in [0.05, 0.1) is 30.7 Å². The molecule has 5 fully saturated rings. The van der Waals surface area contributed by atoms with Gasteiger partial charge < -0.3 is 18.3 Å². The van der Waals surface area contributed by atoms with Crippen LogP contribution in [-0.2, 0) is 27.9 Å². The van der Waals surface area contributed by atoms with Gasteiger partial charge in [0, 0.05) is 18.3 Å². The van der Waals surface area contributed by atoms with E-state index >= 15 is 0 Å². The molecule has 0 radical (unpaired) electrons. The Morgan fingerprint density at radius 1 is 1.06 bits per heavy atom. The number of hydrogen-bond donors (Lipinski definition) is 0. The summed E-state index contributed by atoms with van der Waals surface area (Å²) < 4.78 is 25.8. The van der Waals surface area contributed by atoms with Crippen molar-refractivity contribution >= 4 is 28.6 Å². The molecule has 0 aromatic rings. The fraction of sp³-hybridized carbons (Fsp3) is 0.846. The molecule has 9 atom stereocenters. The maximum atomic E-state index is 13.9. The first-order valence-electron chi connectivity index (χ1n) is 12.9. The minimum absolute atomic E-state index is 0.0737. The molecule has 1 saturated heterocycles. The van der Waals surface area contributed by atoms with Crippen molar-refractivity contribution < 1.29 is 27.9 Å². The molecule has 0 aromatic carbocycles. The number of methoxy groups -OCH3 is 1. The number of ether oxygens (including phenoxy) is 2. The number of allylic oxidation sites excluding steroid dienone is 1. The van der Waals surface area contributed by atoms with Crippen molar-refractivity contribution in [2.45, 2.75) is 96.1 Å². The largest absolute Gasteiger partial charge is 0.469 e. The van der Waals surface area contributed by atoms with Gasteiger partial charge in [-0.3, -0.25) is 9.59 Å². The molecule has 1 aliphatic heterocycles. The number of carbonyl (C=O) groups excluding carboxylic acids is 2.